The predicted molar refractivity (Wildman–Crippen MR) is 67.2 cm³/mol. The van der Waals surface area contributed by atoms with Gasteiger partial charge in [0.25, 0.3) is 0 Å². The average Bonchev–Trinajstić information content (AvgIpc) is 2.17. The van der Waals surface area contributed by atoms with Crippen molar-refractivity contribution in [3.05, 3.63) is 12.2 Å². The van der Waals surface area contributed by atoms with E-state index < -0.39 is 0 Å². The minimum Gasteiger partial charge on any atom is -0.376 e. The standard InChI is InChI=1S/C13H27NO/c1-5-7-13(8-6-2)14-9-10-15-11-12(3)4/h13-14H,3,5-11H2,1-2,4H3. The van der Waals surface area contributed by atoms with E-state index in [-0.39, 0.29) is 0 Å². The van der Waals surface area contributed by atoms with E-state index in [4.69, 9.17) is 4.74 Å². The van der Waals surface area contributed by atoms with Crippen molar-refractivity contribution in [3.63, 3.8) is 0 Å². The lowest BCUT2D eigenvalue weighted by atomic mass is 10.1. The van der Waals surface area contributed by atoms with Crippen molar-refractivity contribution < 1.29 is 4.74 Å². The number of rotatable bonds is 10. The molecule has 0 bridgehead atoms. The first-order valence-electron chi connectivity index (χ1n) is 6.16. The summed E-state index contributed by atoms with van der Waals surface area (Å²) in [4.78, 5) is 0. The molecule has 0 spiro atoms. The summed E-state index contributed by atoms with van der Waals surface area (Å²) in [6.07, 6.45) is 5.05. The first-order valence-corrected chi connectivity index (χ1v) is 6.16. The third kappa shape index (κ3) is 9.95. The minimum absolute atomic E-state index is 0.674. The van der Waals surface area contributed by atoms with Crippen molar-refractivity contribution in [1.82, 2.24) is 5.32 Å². The average molecular weight is 213 g/mol. The van der Waals surface area contributed by atoms with Gasteiger partial charge < -0.3 is 10.1 Å². The molecule has 0 aromatic rings. The summed E-state index contributed by atoms with van der Waals surface area (Å²) in [5.74, 6) is 0. The Morgan fingerprint density at radius 1 is 1.27 bits per heavy atom. The van der Waals surface area contributed by atoms with E-state index in [1.54, 1.807) is 0 Å². The lowest BCUT2D eigenvalue weighted by Gasteiger charge is -2.17. The molecule has 0 heterocycles. The van der Waals surface area contributed by atoms with E-state index in [0.29, 0.717) is 12.6 Å². The molecule has 2 heteroatoms. The molecule has 0 aliphatic rings. The van der Waals surface area contributed by atoms with Crippen LogP contribution in [0.15, 0.2) is 12.2 Å². The van der Waals surface area contributed by atoms with E-state index in [0.717, 1.165) is 18.7 Å². The van der Waals surface area contributed by atoms with Crippen LogP contribution in [0.3, 0.4) is 0 Å². The Morgan fingerprint density at radius 3 is 2.33 bits per heavy atom. The monoisotopic (exact) mass is 213 g/mol. The number of ether oxygens (including phenoxy) is 1. The van der Waals surface area contributed by atoms with Gasteiger partial charge in [-0.15, -0.1) is 0 Å². The van der Waals surface area contributed by atoms with Crippen molar-refractivity contribution >= 4 is 0 Å². The highest BCUT2D eigenvalue weighted by Crippen LogP contribution is 2.03. The van der Waals surface area contributed by atoms with Crippen LogP contribution in [0.2, 0.25) is 0 Å². The van der Waals surface area contributed by atoms with Gasteiger partial charge in [-0.05, 0) is 19.8 Å². The predicted octanol–water partition coefficient (Wildman–Crippen LogP) is 3.14. The third-order valence-electron chi connectivity index (χ3n) is 2.30. The highest BCUT2D eigenvalue weighted by molar-refractivity contribution is 4.87. The van der Waals surface area contributed by atoms with Crippen LogP contribution in [0.4, 0.5) is 0 Å². The highest BCUT2D eigenvalue weighted by Gasteiger charge is 2.04. The first-order chi connectivity index (χ1) is 7.20. The maximum Gasteiger partial charge on any atom is 0.0672 e. The fraction of sp³-hybridized carbons (Fsp3) is 0.846. The van der Waals surface area contributed by atoms with Crippen LogP contribution in [-0.4, -0.2) is 25.8 Å². The zero-order valence-corrected chi connectivity index (χ0v) is 10.6. The van der Waals surface area contributed by atoms with Gasteiger partial charge in [-0.25, -0.2) is 0 Å². The van der Waals surface area contributed by atoms with E-state index >= 15 is 0 Å². The molecule has 0 atom stereocenters. The number of hydrogen-bond donors (Lipinski definition) is 1. The fourth-order valence-electron chi connectivity index (χ4n) is 1.63. The molecule has 15 heavy (non-hydrogen) atoms. The highest BCUT2D eigenvalue weighted by atomic mass is 16.5. The molecule has 0 aliphatic carbocycles. The van der Waals surface area contributed by atoms with Gasteiger partial charge in [-0.1, -0.05) is 38.8 Å². The van der Waals surface area contributed by atoms with Crippen molar-refractivity contribution in [2.75, 3.05) is 19.8 Å². The first kappa shape index (κ1) is 14.7. The second-order valence-electron chi connectivity index (χ2n) is 4.24. The number of nitrogens with one attached hydrogen (secondary N) is 1. The van der Waals surface area contributed by atoms with Crippen LogP contribution in [-0.2, 0) is 4.74 Å². The molecule has 0 aromatic carbocycles. The molecule has 0 amide bonds. The van der Waals surface area contributed by atoms with Crippen LogP contribution in [0, 0.1) is 0 Å². The van der Waals surface area contributed by atoms with Crippen molar-refractivity contribution in [2.45, 2.75) is 52.5 Å². The Hall–Kier alpha value is -0.340. The summed E-state index contributed by atoms with van der Waals surface area (Å²) >= 11 is 0. The van der Waals surface area contributed by atoms with Gasteiger partial charge in [0.15, 0.2) is 0 Å². The van der Waals surface area contributed by atoms with Crippen LogP contribution >= 0.6 is 0 Å². The Kier molecular flexibility index (Phi) is 9.96. The molecule has 2 nitrogen and oxygen atoms in total. The normalized spacial score (nSPS) is 10.9. The molecular formula is C13H27NO. The van der Waals surface area contributed by atoms with Crippen LogP contribution in [0.1, 0.15) is 46.5 Å². The zero-order valence-electron chi connectivity index (χ0n) is 10.6. The van der Waals surface area contributed by atoms with Crippen LogP contribution in [0.5, 0.6) is 0 Å². The lowest BCUT2D eigenvalue weighted by Crippen LogP contribution is -2.31. The van der Waals surface area contributed by atoms with Gasteiger partial charge in [0, 0.05) is 12.6 Å². The Morgan fingerprint density at radius 2 is 1.87 bits per heavy atom. The molecule has 90 valence electrons. The van der Waals surface area contributed by atoms with E-state index in [9.17, 15) is 0 Å². The van der Waals surface area contributed by atoms with Gasteiger partial charge in [-0.3, -0.25) is 0 Å². The molecule has 0 saturated carbocycles. The van der Waals surface area contributed by atoms with Gasteiger partial charge in [0.1, 0.15) is 0 Å². The molecule has 0 aromatic heterocycles. The molecule has 1 N–H and O–H groups in total. The summed E-state index contributed by atoms with van der Waals surface area (Å²) in [6.45, 7) is 12.7. The maximum absolute atomic E-state index is 5.44. The Labute approximate surface area is 95.1 Å². The van der Waals surface area contributed by atoms with Gasteiger partial charge >= 0.3 is 0 Å². The van der Waals surface area contributed by atoms with E-state index in [1.165, 1.54) is 25.7 Å². The van der Waals surface area contributed by atoms with Crippen molar-refractivity contribution in [3.8, 4) is 0 Å². The third-order valence-corrected chi connectivity index (χ3v) is 2.30. The SMILES string of the molecule is C=C(C)COCCNC(CCC)CCC. The van der Waals surface area contributed by atoms with Gasteiger partial charge in [-0.2, -0.15) is 0 Å². The van der Waals surface area contributed by atoms with Gasteiger partial charge in [0.05, 0.1) is 13.2 Å². The Bertz CT molecular complexity index is 151. The summed E-state index contributed by atoms with van der Waals surface area (Å²) < 4.78 is 5.44. The molecule has 0 saturated heterocycles. The summed E-state index contributed by atoms with van der Waals surface area (Å²) in [7, 11) is 0. The summed E-state index contributed by atoms with van der Waals surface area (Å²) in [5.41, 5.74) is 1.09. The molecule has 0 radical (unpaired) electrons. The zero-order chi connectivity index (χ0) is 11.5. The summed E-state index contributed by atoms with van der Waals surface area (Å²) in [6, 6.07) is 0.674. The summed E-state index contributed by atoms with van der Waals surface area (Å²) in [5, 5.41) is 3.54. The fourth-order valence-corrected chi connectivity index (χ4v) is 1.63. The second-order valence-corrected chi connectivity index (χ2v) is 4.24. The quantitative estimate of drug-likeness (QED) is 0.444. The number of hydrogen-bond acceptors (Lipinski definition) is 2. The Balaban J connectivity index is 3.39. The second kappa shape index (κ2) is 10.2. The van der Waals surface area contributed by atoms with Crippen LogP contribution < -0.4 is 5.32 Å². The van der Waals surface area contributed by atoms with E-state index in [1.807, 2.05) is 6.92 Å². The van der Waals surface area contributed by atoms with Gasteiger partial charge in [0.2, 0.25) is 0 Å². The topological polar surface area (TPSA) is 21.3 Å². The van der Waals surface area contributed by atoms with Crippen molar-refractivity contribution in [1.29, 1.82) is 0 Å². The lowest BCUT2D eigenvalue weighted by molar-refractivity contribution is 0.154. The molecule has 0 rings (SSSR count). The van der Waals surface area contributed by atoms with Crippen LogP contribution in [0.25, 0.3) is 0 Å². The molecular weight excluding hydrogens is 186 g/mol. The molecule has 0 aliphatic heterocycles. The molecule has 0 unspecified atom stereocenters. The maximum atomic E-state index is 5.44. The van der Waals surface area contributed by atoms with E-state index in [2.05, 4.69) is 25.7 Å². The minimum atomic E-state index is 0.674. The smallest absolute Gasteiger partial charge is 0.0672 e. The molecule has 0 fully saturated rings. The van der Waals surface area contributed by atoms with Crippen molar-refractivity contribution in [2.24, 2.45) is 0 Å². The largest absolute Gasteiger partial charge is 0.376 e.